The zero-order valence-corrected chi connectivity index (χ0v) is 9.00. The van der Waals surface area contributed by atoms with Crippen LogP contribution in [0.2, 0.25) is 0 Å². The van der Waals surface area contributed by atoms with Gasteiger partial charge in [-0.05, 0) is 38.8 Å². The molecule has 0 aromatic carbocycles. The summed E-state index contributed by atoms with van der Waals surface area (Å²) in [5.41, 5.74) is 2.87. The zero-order valence-electron chi connectivity index (χ0n) is 9.00. The van der Waals surface area contributed by atoms with Gasteiger partial charge < -0.3 is 15.1 Å². The van der Waals surface area contributed by atoms with Gasteiger partial charge in [-0.2, -0.15) is 0 Å². The van der Waals surface area contributed by atoms with Crippen LogP contribution in [0, 0.1) is 0 Å². The molecule has 2 N–H and O–H groups in total. The van der Waals surface area contributed by atoms with E-state index in [0.29, 0.717) is 6.04 Å². The zero-order chi connectivity index (χ0) is 10.5. The van der Waals surface area contributed by atoms with E-state index in [1.807, 2.05) is 0 Å². The third-order valence-corrected chi connectivity index (χ3v) is 3.02. The minimum atomic E-state index is -0.217. The van der Waals surface area contributed by atoms with Crippen molar-refractivity contribution in [3.63, 3.8) is 0 Å². The van der Waals surface area contributed by atoms with E-state index in [-0.39, 0.29) is 6.09 Å². The quantitative estimate of drug-likeness (QED) is 0.655. The van der Waals surface area contributed by atoms with Gasteiger partial charge in [-0.15, -0.1) is 5.48 Å². The standard InChI is InChI=1S/C10H19N3O2/c14-10(13-7-1-2-8-13)15-12-9-3-5-11-6-4-9/h9,11-12H,1-8H2. The lowest BCUT2D eigenvalue weighted by Crippen LogP contribution is -2.43. The Morgan fingerprint density at radius 3 is 2.60 bits per heavy atom. The minimum absolute atomic E-state index is 0.217. The molecule has 0 aliphatic carbocycles. The van der Waals surface area contributed by atoms with Crippen molar-refractivity contribution >= 4 is 6.09 Å². The SMILES string of the molecule is O=C(ONC1CCNCC1)N1CCCC1. The highest BCUT2D eigenvalue weighted by atomic mass is 16.7. The van der Waals surface area contributed by atoms with Gasteiger partial charge in [0, 0.05) is 19.1 Å². The lowest BCUT2D eigenvalue weighted by Gasteiger charge is -2.24. The monoisotopic (exact) mass is 213 g/mol. The van der Waals surface area contributed by atoms with Crippen molar-refractivity contribution in [3.8, 4) is 0 Å². The molecule has 5 heteroatoms. The number of amides is 1. The predicted molar refractivity (Wildman–Crippen MR) is 56.3 cm³/mol. The smallest absolute Gasteiger partial charge is 0.353 e. The number of piperidine rings is 1. The molecule has 2 saturated heterocycles. The molecule has 2 aliphatic rings. The molecule has 0 bridgehead atoms. The van der Waals surface area contributed by atoms with E-state index in [1.165, 1.54) is 0 Å². The Bertz CT molecular complexity index is 211. The summed E-state index contributed by atoms with van der Waals surface area (Å²) in [5, 5.41) is 3.27. The highest BCUT2D eigenvalue weighted by Crippen LogP contribution is 2.09. The fourth-order valence-electron chi connectivity index (χ4n) is 2.04. The Morgan fingerprint density at radius 2 is 1.93 bits per heavy atom. The first-order valence-corrected chi connectivity index (χ1v) is 5.78. The van der Waals surface area contributed by atoms with Crippen molar-refractivity contribution in [2.45, 2.75) is 31.7 Å². The van der Waals surface area contributed by atoms with Crippen molar-refractivity contribution in [3.05, 3.63) is 0 Å². The number of hydrogen-bond acceptors (Lipinski definition) is 4. The maximum atomic E-state index is 11.5. The van der Waals surface area contributed by atoms with Crippen LogP contribution >= 0.6 is 0 Å². The summed E-state index contributed by atoms with van der Waals surface area (Å²) >= 11 is 0. The molecule has 2 aliphatic heterocycles. The van der Waals surface area contributed by atoms with Crippen LogP contribution in [0.4, 0.5) is 4.79 Å². The topological polar surface area (TPSA) is 53.6 Å². The summed E-state index contributed by atoms with van der Waals surface area (Å²) in [6, 6.07) is 0.317. The molecular weight excluding hydrogens is 194 g/mol. The average molecular weight is 213 g/mol. The molecule has 5 nitrogen and oxygen atoms in total. The van der Waals surface area contributed by atoms with Crippen LogP contribution < -0.4 is 10.8 Å². The fourth-order valence-corrected chi connectivity index (χ4v) is 2.04. The maximum absolute atomic E-state index is 11.5. The van der Waals surface area contributed by atoms with Crippen molar-refractivity contribution in [2.24, 2.45) is 0 Å². The lowest BCUT2D eigenvalue weighted by molar-refractivity contribution is 0.0371. The van der Waals surface area contributed by atoms with Gasteiger partial charge in [-0.1, -0.05) is 0 Å². The summed E-state index contributed by atoms with van der Waals surface area (Å²) in [7, 11) is 0. The number of rotatable bonds is 2. The predicted octanol–water partition coefficient (Wildman–Crippen LogP) is 0.475. The third-order valence-electron chi connectivity index (χ3n) is 3.02. The van der Waals surface area contributed by atoms with Gasteiger partial charge in [0.25, 0.3) is 0 Å². The first-order valence-electron chi connectivity index (χ1n) is 5.78. The average Bonchev–Trinajstić information content (AvgIpc) is 2.81. The van der Waals surface area contributed by atoms with Gasteiger partial charge in [0.1, 0.15) is 0 Å². The Kier molecular flexibility index (Phi) is 3.80. The van der Waals surface area contributed by atoms with Crippen LogP contribution in [-0.4, -0.2) is 43.2 Å². The molecule has 2 heterocycles. The number of carbonyl (C=O) groups is 1. The molecule has 0 saturated carbocycles. The summed E-state index contributed by atoms with van der Waals surface area (Å²) in [6.45, 7) is 3.68. The van der Waals surface area contributed by atoms with E-state index >= 15 is 0 Å². The highest BCUT2D eigenvalue weighted by molar-refractivity contribution is 5.67. The van der Waals surface area contributed by atoms with E-state index in [0.717, 1.165) is 51.9 Å². The Morgan fingerprint density at radius 1 is 1.27 bits per heavy atom. The number of hydroxylamine groups is 1. The highest BCUT2D eigenvalue weighted by Gasteiger charge is 2.21. The minimum Gasteiger partial charge on any atom is -0.353 e. The fraction of sp³-hybridized carbons (Fsp3) is 0.900. The van der Waals surface area contributed by atoms with E-state index in [2.05, 4.69) is 10.8 Å². The molecule has 86 valence electrons. The van der Waals surface area contributed by atoms with Crippen LogP contribution in [0.5, 0.6) is 0 Å². The second-order valence-corrected chi connectivity index (χ2v) is 4.20. The van der Waals surface area contributed by atoms with Gasteiger partial charge in [0.15, 0.2) is 0 Å². The van der Waals surface area contributed by atoms with Crippen molar-refractivity contribution in [1.29, 1.82) is 0 Å². The number of nitrogens with one attached hydrogen (secondary N) is 2. The molecule has 0 aromatic heterocycles. The first kappa shape index (κ1) is 10.7. The molecule has 2 fully saturated rings. The normalized spacial score (nSPS) is 23.1. The van der Waals surface area contributed by atoms with Crippen LogP contribution in [0.25, 0.3) is 0 Å². The van der Waals surface area contributed by atoms with Crippen LogP contribution in [-0.2, 0) is 4.84 Å². The molecule has 15 heavy (non-hydrogen) atoms. The summed E-state index contributed by atoms with van der Waals surface area (Å²) in [4.78, 5) is 18.3. The summed E-state index contributed by atoms with van der Waals surface area (Å²) in [5.74, 6) is 0. The first-order chi connectivity index (χ1) is 7.36. The Labute approximate surface area is 90.1 Å². The van der Waals surface area contributed by atoms with Crippen molar-refractivity contribution in [2.75, 3.05) is 26.2 Å². The Hall–Kier alpha value is -0.810. The van der Waals surface area contributed by atoms with Crippen LogP contribution in [0.1, 0.15) is 25.7 Å². The number of carbonyl (C=O) groups excluding carboxylic acids is 1. The van der Waals surface area contributed by atoms with Gasteiger partial charge in [0.2, 0.25) is 0 Å². The summed E-state index contributed by atoms with van der Waals surface area (Å²) in [6.07, 6.45) is 4.02. The molecule has 2 rings (SSSR count). The lowest BCUT2D eigenvalue weighted by atomic mass is 10.1. The molecular formula is C10H19N3O2. The maximum Gasteiger partial charge on any atom is 0.428 e. The van der Waals surface area contributed by atoms with Crippen molar-refractivity contribution in [1.82, 2.24) is 15.7 Å². The second-order valence-electron chi connectivity index (χ2n) is 4.20. The molecule has 1 amide bonds. The molecule has 0 spiro atoms. The third kappa shape index (κ3) is 3.07. The largest absolute Gasteiger partial charge is 0.428 e. The van der Waals surface area contributed by atoms with Gasteiger partial charge >= 0.3 is 6.09 Å². The van der Waals surface area contributed by atoms with E-state index in [9.17, 15) is 4.79 Å². The summed E-state index contributed by atoms with van der Waals surface area (Å²) < 4.78 is 0. The van der Waals surface area contributed by atoms with Crippen LogP contribution in [0.15, 0.2) is 0 Å². The molecule has 0 aromatic rings. The Balaban J connectivity index is 1.65. The van der Waals surface area contributed by atoms with Gasteiger partial charge in [-0.25, -0.2) is 4.79 Å². The second kappa shape index (κ2) is 5.32. The van der Waals surface area contributed by atoms with E-state index in [4.69, 9.17) is 4.84 Å². The van der Waals surface area contributed by atoms with E-state index < -0.39 is 0 Å². The molecule has 0 atom stereocenters. The molecule has 0 radical (unpaired) electrons. The number of hydrogen-bond donors (Lipinski definition) is 2. The van der Waals surface area contributed by atoms with Gasteiger partial charge in [-0.3, -0.25) is 0 Å². The van der Waals surface area contributed by atoms with Crippen molar-refractivity contribution < 1.29 is 9.63 Å². The van der Waals surface area contributed by atoms with Crippen LogP contribution in [0.3, 0.4) is 0 Å². The number of likely N-dealkylation sites (tertiary alicyclic amines) is 1. The molecule has 0 unspecified atom stereocenters. The number of nitrogens with zero attached hydrogens (tertiary/aromatic N) is 1. The van der Waals surface area contributed by atoms with E-state index in [1.54, 1.807) is 4.90 Å². The van der Waals surface area contributed by atoms with Gasteiger partial charge in [0.05, 0.1) is 0 Å².